The number of carbonyl (C=O) groups excluding carboxylic acids is 2. The monoisotopic (exact) mass is 490 g/mol. The fourth-order valence-corrected chi connectivity index (χ4v) is 0.565. The number of allylic oxidation sites excluding steroid dienone is 4. The molecule has 6 nitrogen and oxygen atoms in total. The van der Waals surface area contributed by atoms with Gasteiger partial charge < -0.3 is 21.2 Å². The molecule has 0 heterocycles. The van der Waals surface area contributed by atoms with E-state index < -0.39 is 59.9 Å². The van der Waals surface area contributed by atoms with Gasteiger partial charge in [0.25, 0.3) is 11.6 Å². The Morgan fingerprint density at radius 2 is 0.690 bits per heavy atom. The van der Waals surface area contributed by atoms with Crippen LogP contribution in [0.3, 0.4) is 0 Å². The molecule has 168 valence electrons. The van der Waals surface area contributed by atoms with Crippen LogP contribution in [0.1, 0.15) is 0 Å². The summed E-state index contributed by atoms with van der Waals surface area (Å²) in [6.45, 7) is 0. The number of hydrogen-bond donors (Lipinski definition) is 0. The second-order valence-electron chi connectivity index (χ2n) is 3.74. The summed E-state index contributed by atoms with van der Waals surface area (Å²) in [6, 6.07) is 0. The van der Waals surface area contributed by atoms with E-state index >= 15 is 0 Å². The van der Waals surface area contributed by atoms with Crippen LogP contribution in [-0.4, -0.2) is 85.0 Å². The van der Waals surface area contributed by atoms with Crippen molar-refractivity contribution in [1.82, 2.24) is 0 Å². The Morgan fingerprint density at radius 1 is 0.517 bits per heavy atom. The molecule has 0 aliphatic carbocycles. The van der Waals surface area contributed by atoms with Crippen molar-refractivity contribution in [1.29, 1.82) is 0 Å². The number of hydrogen-bond acceptors (Lipinski definition) is 4. The van der Waals surface area contributed by atoms with Crippen molar-refractivity contribution in [3.05, 3.63) is 23.7 Å². The van der Waals surface area contributed by atoms with Gasteiger partial charge in [-0.1, -0.05) is 0 Å². The van der Waals surface area contributed by atoms with Crippen molar-refractivity contribution in [2.24, 2.45) is 0 Å². The van der Waals surface area contributed by atoms with E-state index in [0.29, 0.717) is 0 Å². The van der Waals surface area contributed by atoms with E-state index in [-0.39, 0.29) is 48.7 Å². The third kappa shape index (κ3) is 17.3. The Morgan fingerprint density at radius 3 is 0.793 bits per heavy atom. The van der Waals surface area contributed by atoms with Crippen LogP contribution in [0.4, 0.5) is 52.7 Å². The number of alkyl halides is 12. The average molecular weight is 490 g/mol. The van der Waals surface area contributed by atoms with Crippen LogP contribution in [0.25, 0.3) is 0 Å². The van der Waals surface area contributed by atoms with E-state index in [9.17, 15) is 72.5 Å². The minimum atomic E-state index is -5.46. The van der Waals surface area contributed by atoms with Crippen molar-refractivity contribution in [3.8, 4) is 0 Å². The normalized spacial score (nSPS) is 13.0. The molecule has 19 heteroatoms. The number of rotatable bonds is 2. The van der Waals surface area contributed by atoms with Crippen molar-refractivity contribution < 1.29 is 83.4 Å². The second-order valence-corrected chi connectivity index (χ2v) is 3.74. The fourth-order valence-electron chi connectivity index (χ4n) is 0.565. The molecule has 29 heavy (non-hydrogen) atoms. The van der Waals surface area contributed by atoms with Gasteiger partial charge in [0.05, 0.1) is 0 Å². The van der Waals surface area contributed by atoms with Crippen LogP contribution < -0.4 is 10.2 Å². The van der Waals surface area contributed by atoms with Gasteiger partial charge in [-0.15, -0.1) is 0 Å². The van der Waals surface area contributed by atoms with Crippen molar-refractivity contribution >= 4 is 49.3 Å². The molecule has 0 radical (unpaired) electrons. The maximum atomic E-state index is 11.3. The summed E-state index contributed by atoms with van der Waals surface area (Å²) < 4.78 is 136. The van der Waals surface area contributed by atoms with Crippen LogP contribution >= 0.6 is 0 Å². The van der Waals surface area contributed by atoms with Crippen LogP contribution in [0.5, 0.6) is 0 Å². The molecule has 0 aromatic carbocycles. The van der Waals surface area contributed by atoms with Gasteiger partial charge in [-0.25, -0.2) is 0 Å². The third-order valence-electron chi connectivity index (χ3n) is 1.64. The van der Waals surface area contributed by atoms with Gasteiger partial charge >= 0.3 is 62.4 Å². The molecule has 0 bridgehead atoms. The van der Waals surface area contributed by atoms with Gasteiger partial charge in [-0.05, 0) is 23.7 Å². The Hall–Kier alpha value is -1.24. The van der Waals surface area contributed by atoms with Gasteiger partial charge in [0, 0.05) is 0 Å². The molecule has 0 aromatic rings. The smallest absolute Gasteiger partial charge is 0.869 e. The summed E-state index contributed by atoms with van der Waals surface area (Å²) >= 11 is 0. The zero-order chi connectivity index (χ0) is 21.7. The van der Waals surface area contributed by atoms with Gasteiger partial charge in [-0.2, -0.15) is 52.7 Å². The molecule has 4 N–H and O–H groups in total. The van der Waals surface area contributed by atoms with Crippen molar-refractivity contribution in [3.63, 3.8) is 0 Å². The van der Waals surface area contributed by atoms with Crippen LogP contribution in [-0.2, 0) is 9.59 Å². The molecule has 0 atom stereocenters. The molecule has 0 rings (SSSR count). The zero-order valence-electron chi connectivity index (χ0n) is 13.0. The van der Waals surface area contributed by atoms with E-state index in [0.717, 1.165) is 0 Å². The maximum Gasteiger partial charge on any atom is 2.00 e. The van der Waals surface area contributed by atoms with E-state index in [2.05, 4.69) is 0 Å². The summed E-state index contributed by atoms with van der Waals surface area (Å²) in [6.07, 6.45) is -23.9. The quantitative estimate of drug-likeness (QED) is 0.229. The summed E-state index contributed by atoms with van der Waals surface area (Å²) in [5.41, 5.74) is 0. The molecule has 0 saturated carbocycles. The first-order chi connectivity index (χ1) is 11.1. The SMILES string of the molecule is O.O.O=C(/C=C(/[O-])C(F)(F)F)C(F)(F)F.O=C(/C=C(/[O-])C(F)(F)F)C(F)(F)F.[Ca+2]. The van der Waals surface area contributed by atoms with E-state index in [1.807, 2.05) is 0 Å². The number of carbonyl (C=O) groups is 2. The molecule has 0 aliphatic heterocycles. The minimum Gasteiger partial charge on any atom is -0.869 e. The molecule has 0 amide bonds. The maximum absolute atomic E-state index is 11.3. The average Bonchev–Trinajstić information content (AvgIpc) is 2.34. The number of ketones is 2. The van der Waals surface area contributed by atoms with E-state index in [1.54, 1.807) is 0 Å². The molecule has 0 unspecified atom stereocenters. The Bertz CT molecular complexity index is 532. The minimum absolute atomic E-state index is 0. The largest absolute Gasteiger partial charge is 2.00 e. The second kappa shape index (κ2) is 13.1. The van der Waals surface area contributed by atoms with E-state index in [1.165, 1.54) is 0 Å². The Kier molecular flexibility index (Phi) is 17.4. The van der Waals surface area contributed by atoms with Crippen molar-refractivity contribution in [2.75, 3.05) is 0 Å². The summed E-state index contributed by atoms with van der Waals surface area (Å²) in [4.78, 5) is 19.6. The zero-order valence-corrected chi connectivity index (χ0v) is 15.2. The molecule has 0 saturated heterocycles. The van der Waals surface area contributed by atoms with Crippen LogP contribution in [0.2, 0.25) is 0 Å². The topological polar surface area (TPSA) is 143 Å². The van der Waals surface area contributed by atoms with Crippen molar-refractivity contribution in [2.45, 2.75) is 24.7 Å². The molecule has 0 spiro atoms. The van der Waals surface area contributed by atoms with Gasteiger partial charge in [0.15, 0.2) is 0 Å². The summed E-state index contributed by atoms with van der Waals surface area (Å²) in [5, 5.41) is 19.6. The van der Waals surface area contributed by atoms with Crippen LogP contribution in [0, 0.1) is 0 Å². The van der Waals surface area contributed by atoms with Gasteiger partial charge in [-0.3, -0.25) is 9.59 Å². The first kappa shape index (κ1) is 38.4. The molecular weight excluding hydrogens is 484 g/mol. The number of halogens is 12. The fraction of sp³-hybridized carbons (Fsp3) is 0.400. The molecule has 0 fully saturated rings. The first-order valence-corrected chi connectivity index (χ1v) is 5.24. The third-order valence-corrected chi connectivity index (χ3v) is 1.64. The summed E-state index contributed by atoms with van der Waals surface area (Å²) in [7, 11) is 0. The van der Waals surface area contributed by atoms with Gasteiger partial charge in [0.2, 0.25) is 0 Å². The molecule has 0 aromatic heterocycles. The van der Waals surface area contributed by atoms with E-state index in [4.69, 9.17) is 0 Å². The Balaban J connectivity index is -0.000000120. The molecule has 0 aliphatic rings. The Labute approximate surface area is 181 Å². The predicted molar refractivity (Wildman–Crippen MR) is 63.4 cm³/mol. The first-order valence-electron chi connectivity index (χ1n) is 5.24. The van der Waals surface area contributed by atoms with Gasteiger partial charge in [0.1, 0.15) is 0 Å². The predicted octanol–water partition coefficient (Wildman–Crippen LogP) is -0.182. The summed E-state index contributed by atoms with van der Waals surface area (Å²) in [5.74, 6) is -11.3. The van der Waals surface area contributed by atoms with Crippen LogP contribution in [0.15, 0.2) is 23.7 Å². The molecular formula is C10H6CaF12O6. The standard InChI is InChI=1S/2C5H2F6O2.Ca.2H2O/c2*6-4(7,8)2(12)1-3(13)5(9,10)11;;;/h2*1,12H;;2*1H2/q;;+2;;/p-2/b2*2-1+;;;.